The van der Waals surface area contributed by atoms with Gasteiger partial charge in [-0.15, -0.1) is 0 Å². The van der Waals surface area contributed by atoms with E-state index in [1.165, 1.54) is 0 Å². The van der Waals surface area contributed by atoms with Crippen molar-refractivity contribution >= 4 is 8.32 Å². The fourth-order valence-corrected chi connectivity index (χ4v) is 4.89. The number of halogens is 1. The summed E-state index contributed by atoms with van der Waals surface area (Å²) < 4.78 is 33.8. The average Bonchev–Trinajstić information content (AvgIpc) is 2.91. The maximum atomic E-state index is 15.5. The first-order chi connectivity index (χ1) is 18.6. The first-order valence-corrected chi connectivity index (χ1v) is 16.3. The van der Waals surface area contributed by atoms with E-state index in [1.807, 2.05) is 72.8 Å². The zero-order chi connectivity index (χ0) is 27.9. The molecule has 0 N–H and O–H groups in total. The summed E-state index contributed by atoms with van der Waals surface area (Å²) >= 11 is 0. The van der Waals surface area contributed by atoms with Gasteiger partial charge in [-0.1, -0.05) is 93.6 Å². The molecule has 4 aromatic rings. The van der Waals surface area contributed by atoms with Crippen molar-refractivity contribution in [1.29, 1.82) is 0 Å². The van der Waals surface area contributed by atoms with Gasteiger partial charge in [0.1, 0.15) is 19.0 Å². The molecule has 0 spiro atoms. The monoisotopic (exact) mass is 543 g/mol. The van der Waals surface area contributed by atoms with Gasteiger partial charge in [0.05, 0.1) is 0 Å². The van der Waals surface area contributed by atoms with Crippen LogP contribution in [0.15, 0.2) is 91.0 Å². The van der Waals surface area contributed by atoms with Crippen molar-refractivity contribution in [2.45, 2.75) is 58.5 Å². The van der Waals surface area contributed by atoms with E-state index in [9.17, 15) is 0 Å². The van der Waals surface area contributed by atoms with Gasteiger partial charge < -0.3 is 13.9 Å². The maximum Gasteiger partial charge on any atom is 0.225 e. The van der Waals surface area contributed by atoms with E-state index in [1.54, 1.807) is 18.2 Å². The highest BCUT2D eigenvalue weighted by Crippen LogP contribution is 2.37. The Morgan fingerprint density at radius 3 is 1.90 bits per heavy atom. The number of aromatic nitrogens is 1. The molecular formula is C33H38FNO3Si. The minimum atomic E-state index is -1.85. The fraction of sp³-hybridized carbons (Fsp3) is 0.303. The molecule has 0 aliphatic rings. The van der Waals surface area contributed by atoms with E-state index in [0.717, 1.165) is 16.7 Å². The zero-order valence-electron chi connectivity index (χ0n) is 23.5. The highest BCUT2D eigenvalue weighted by atomic mass is 28.4. The molecule has 39 heavy (non-hydrogen) atoms. The van der Waals surface area contributed by atoms with E-state index in [0.29, 0.717) is 49.1 Å². The van der Waals surface area contributed by atoms with Gasteiger partial charge >= 0.3 is 0 Å². The maximum absolute atomic E-state index is 15.5. The summed E-state index contributed by atoms with van der Waals surface area (Å²) in [5.41, 5.74) is 3.96. The van der Waals surface area contributed by atoms with Crippen LogP contribution in [0.4, 0.5) is 4.39 Å². The van der Waals surface area contributed by atoms with Crippen LogP contribution in [-0.2, 0) is 24.1 Å². The Labute approximate surface area is 232 Å². The van der Waals surface area contributed by atoms with Gasteiger partial charge in [-0.05, 0) is 53.4 Å². The van der Waals surface area contributed by atoms with Crippen LogP contribution < -0.4 is 9.47 Å². The van der Waals surface area contributed by atoms with Crippen LogP contribution in [0.3, 0.4) is 0 Å². The smallest absolute Gasteiger partial charge is 0.225 e. The minimum absolute atomic E-state index is 0.141. The molecule has 0 unspecified atom stereocenters. The van der Waals surface area contributed by atoms with Crippen molar-refractivity contribution in [3.05, 3.63) is 114 Å². The molecule has 204 valence electrons. The lowest BCUT2D eigenvalue weighted by Crippen LogP contribution is -2.41. The highest BCUT2D eigenvalue weighted by molar-refractivity contribution is 6.74. The summed E-state index contributed by atoms with van der Waals surface area (Å²) in [6.07, 6.45) is 0.658. The van der Waals surface area contributed by atoms with Gasteiger partial charge in [0.25, 0.3) is 0 Å². The Morgan fingerprint density at radius 1 is 0.718 bits per heavy atom. The minimum Gasteiger partial charge on any atom is -0.473 e. The van der Waals surface area contributed by atoms with Crippen LogP contribution in [0, 0.1) is 5.82 Å². The normalized spacial score (nSPS) is 11.8. The van der Waals surface area contributed by atoms with Crippen LogP contribution in [0.2, 0.25) is 18.1 Å². The van der Waals surface area contributed by atoms with Crippen LogP contribution in [-0.4, -0.2) is 19.9 Å². The van der Waals surface area contributed by atoms with Crippen LogP contribution >= 0.6 is 0 Å². The van der Waals surface area contributed by atoms with Crippen LogP contribution in [0.5, 0.6) is 11.8 Å². The lowest BCUT2D eigenvalue weighted by Gasteiger charge is -2.36. The predicted molar refractivity (Wildman–Crippen MR) is 158 cm³/mol. The molecule has 0 aliphatic heterocycles. The molecule has 6 heteroatoms. The summed E-state index contributed by atoms with van der Waals surface area (Å²) in [6, 6.07) is 28.6. The molecule has 4 rings (SSSR count). The highest BCUT2D eigenvalue weighted by Gasteiger charge is 2.36. The van der Waals surface area contributed by atoms with E-state index in [4.69, 9.17) is 13.9 Å². The van der Waals surface area contributed by atoms with E-state index in [-0.39, 0.29) is 10.9 Å². The predicted octanol–water partition coefficient (Wildman–Crippen LogP) is 8.61. The Bertz CT molecular complexity index is 1350. The Hall–Kier alpha value is -3.48. The van der Waals surface area contributed by atoms with Crippen LogP contribution in [0.25, 0.3) is 11.1 Å². The summed E-state index contributed by atoms with van der Waals surface area (Å²) in [7, 11) is -1.85. The molecular weight excluding hydrogens is 505 g/mol. The second-order valence-electron chi connectivity index (χ2n) is 11.2. The molecule has 3 aromatic carbocycles. The largest absolute Gasteiger partial charge is 0.473 e. The van der Waals surface area contributed by atoms with Crippen molar-refractivity contribution in [3.63, 3.8) is 0 Å². The van der Waals surface area contributed by atoms with Gasteiger partial charge in [-0.25, -0.2) is 4.39 Å². The molecule has 0 bridgehead atoms. The van der Waals surface area contributed by atoms with Gasteiger partial charge in [0.15, 0.2) is 8.32 Å². The molecule has 0 amide bonds. The molecule has 0 aliphatic carbocycles. The Balaban J connectivity index is 1.53. The number of hydrogen-bond acceptors (Lipinski definition) is 4. The summed E-state index contributed by atoms with van der Waals surface area (Å²) in [4.78, 5) is 4.62. The number of hydrogen-bond donors (Lipinski definition) is 0. The Kier molecular flexibility index (Phi) is 9.20. The third kappa shape index (κ3) is 7.77. The number of pyridine rings is 1. The third-order valence-electron chi connectivity index (χ3n) is 7.27. The van der Waals surface area contributed by atoms with Crippen molar-refractivity contribution in [2.75, 3.05) is 6.61 Å². The molecule has 0 radical (unpaired) electrons. The van der Waals surface area contributed by atoms with Gasteiger partial charge in [0.2, 0.25) is 11.8 Å². The van der Waals surface area contributed by atoms with Crippen molar-refractivity contribution in [3.8, 4) is 22.9 Å². The average molecular weight is 544 g/mol. The molecule has 0 saturated carbocycles. The van der Waals surface area contributed by atoms with Gasteiger partial charge in [-0.3, -0.25) is 0 Å². The second kappa shape index (κ2) is 12.6. The summed E-state index contributed by atoms with van der Waals surface area (Å²) in [5.74, 6) is 0.437. The lowest BCUT2D eigenvalue weighted by molar-refractivity contribution is 0.268. The van der Waals surface area contributed by atoms with Crippen molar-refractivity contribution in [1.82, 2.24) is 4.98 Å². The molecule has 4 nitrogen and oxygen atoms in total. The third-order valence-corrected chi connectivity index (χ3v) is 11.8. The van der Waals surface area contributed by atoms with Gasteiger partial charge in [-0.2, -0.15) is 4.98 Å². The van der Waals surface area contributed by atoms with Crippen molar-refractivity contribution < 1.29 is 18.3 Å². The zero-order valence-corrected chi connectivity index (χ0v) is 24.5. The SMILES string of the molecule is CC(C)(C)[Si](C)(C)OCCc1ccc(-c2ccc(OCc3ccccc3)nc2OCc2ccccc2)c(F)c1. The number of rotatable bonds is 11. The molecule has 0 atom stereocenters. The van der Waals surface area contributed by atoms with Crippen molar-refractivity contribution in [2.24, 2.45) is 0 Å². The summed E-state index contributed by atoms with van der Waals surface area (Å²) in [5, 5.41) is 0.141. The fourth-order valence-electron chi connectivity index (χ4n) is 3.85. The number of nitrogens with zero attached hydrogens (tertiary/aromatic N) is 1. The molecule has 1 heterocycles. The summed E-state index contributed by atoms with van der Waals surface area (Å²) in [6.45, 7) is 12.4. The first-order valence-electron chi connectivity index (χ1n) is 13.4. The van der Waals surface area contributed by atoms with Crippen LogP contribution in [0.1, 0.15) is 37.5 Å². The van der Waals surface area contributed by atoms with E-state index in [2.05, 4.69) is 38.8 Å². The quantitative estimate of drug-likeness (QED) is 0.178. The topological polar surface area (TPSA) is 40.6 Å². The van der Waals surface area contributed by atoms with E-state index >= 15 is 4.39 Å². The second-order valence-corrected chi connectivity index (χ2v) is 16.0. The molecule has 0 saturated heterocycles. The van der Waals surface area contributed by atoms with E-state index < -0.39 is 8.32 Å². The lowest BCUT2D eigenvalue weighted by atomic mass is 10.0. The standard InChI is InChI=1S/C33H38FNO3Si/c1-33(2,3)39(4,5)38-21-20-25-16-17-28(30(34)22-25)29-18-19-31(36-23-26-12-8-6-9-13-26)35-32(29)37-24-27-14-10-7-11-15-27/h6-19,22H,20-21,23-24H2,1-5H3. The van der Waals surface area contributed by atoms with Gasteiger partial charge in [0, 0.05) is 23.8 Å². The molecule has 1 aromatic heterocycles. The number of ether oxygens (including phenoxy) is 2. The first kappa shape index (κ1) is 28.5. The Morgan fingerprint density at radius 2 is 1.31 bits per heavy atom. The molecule has 0 fully saturated rings. The number of benzene rings is 3.